The molecule has 3 aromatic rings. The number of fused-ring (bicyclic) bond motifs is 1. The Kier molecular flexibility index (Phi) is 4.09. The van der Waals surface area contributed by atoms with Crippen molar-refractivity contribution in [1.82, 2.24) is 14.5 Å². The summed E-state index contributed by atoms with van der Waals surface area (Å²) in [5.41, 5.74) is 4.89. The molecule has 2 fully saturated rings. The van der Waals surface area contributed by atoms with E-state index in [1.54, 1.807) is 12.1 Å². The van der Waals surface area contributed by atoms with Crippen molar-refractivity contribution >= 4 is 11.9 Å². The van der Waals surface area contributed by atoms with E-state index in [2.05, 4.69) is 45.4 Å². The summed E-state index contributed by atoms with van der Waals surface area (Å²) in [6, 6.07) is 15.0. The predicted octanol–water partition coefficient (Wildman–Crippen LogP) is 5.41. The van der Waals surface area contributed by atoms with Gasteiger partial charge >= 0.3 is 0 Å². The highest BCUT2D eigenvalue weighted by Crippen LogP contribution is 2.57. The molecular formula is C26H25FN4O. The van der Waals surface area contributed by atoms with E-state index in [-0.39, 0.29) is 11.2 Å². The van der Waals surface area contributed by atoms with Crippen LogP contribution in [0.5, 0.6) is 0 Å². The van der Waals surface area contributed by atoms with Crippen LogP contribution in [0.1, 0.15) is 43.0 Å². The third-order valence-corrected chi connectivity index (χ3v) is 7.01. The molecule has 1 aliphatic carbocycles. The van der Waals surface area contributed by atoms with Crippen LogP contribution in [0.25, 0.3) is 11.8 Å². The fourth-order valence-corrected chi connectivity index (χ4v) is 4.87. The van der Waals surface area contributed by atoms with Gasteiger partial charge in [-0.15, -0.1) is 0 Å². The second kappa shape index (κ2) is 6.79. The van der Waals surface area contributed by atoms with Gasteiger partial charge < -0.3 is 14.3 Å². The molecule has 5 nitrogen and oxygen atoms in total. The van der Waals surface area contributed by atoms with E-state index in [0.29, 0.717) is 0 Å². The molecule has 1 saturated heterocycles. The van der Waals surface area contributed by atoms with Crippen LogP contribution < -0.4 is 0 Å². The van der Waals surface area contributed by atoms with Crippen LogP contribution in [-0.4, -0.2) is 26.8 Å². The van der Waals surface area contributed by atoms with E-state index in [4.69, 9.17) is 4.84 Å². The third-order valence-electron chi connectivity index (χ3n) is 7.01. The highest BCUT2D eigenvalue weighted by molar-refractivity contribution is 6.04. The number of oxime groups is 1. The minimum Gasteiger partial charge on any atom is -0.360 e. The van der Waals surface area contributed by atoms with Crippen molar-refractivity contribution in [3.05, 3.63) is 89.3 Å². The molecule has 1 spiro atoms. The maximum absolute atomic E-state index is 13.5. The Hall–Kier alpha value is -3.41. The molecule has 1 unspecified atom stereocenters. The number of hydrogen-bond acceptors (Lipinski definition) is 4. The van der Waals surface area contributed by atoms with Crippen molar-refractivity contribution in [2.45, 2.75) is 38.8 Å². The van der Waals surface area contributed by atoms with E-state index in [0.717, 1.165) is 41.3 Å². The van der Waals surface area contributed by atoms with E-state index in [9.17, 15) is 4.39 Å². The van der Waals surface area contributed by atoms with Crippen LogP contribution in [0.2, 0.25) is 0 Å². The van der Waals surface area contributed by atoms with Crippen molar-refractivity contribution < 1.29 is 9.23 Å². The van der Waals surface area contributed by atoms with Crippen LogP contribution in [0.15, 0.2) is 71.8 Å². The highest BCUT2D eigenvalue weighted by atomic mass is 19.1. The van der Waals surface area contributed by atoms with Gasteiger partial charge in [0.25, 0.3) is 0 Å². The largest absolute Gasteiger partial charge is 0.360 e. The lowest BCUT2D eigenvalue weighted by molar-refractivity contribution is -0.0968. The van der Waals surface area contributed by atoms with Crippen molar-refractivity contribution in [1.29, 1.82) is 0 Å². The molecule has 2 aromatic carbocycles. The minimum atomic E-state index is -0.721. The van der Waals surface area contributed by atoms with Crippen molar-refractivity contribution in [2.75, 3.05) is 6.54 Å². The van der Waals surface area contributed by atoms with E-state index < -0.39 is 5.72 Å². The van der Waals surface area contributed by atoms with E-state index in [1.165, 1.54) is 30.5 Å². The van der Waals surface area contributed by atoms with E-state index in [1.807, 2.05) is 30.9 Å². The summed E-state index contributed by atoms with van der Waals surface area (Å²) in [7, 11) is 0. The SMILES string of the molecule is Cc1cn(-c2ccc(C=C3CC4(CC4)CN4C3=NOC4(C)c3ccc(F)cc3)cc2)cn1. The first kappa shape index (κ1) is 19.3. The first-order valence-electron chi connectivity index (χ1n) is 11.1. The summed E-state index contributed by atoms with van der Waals surface area (Å²) >= 11 is 0. The molecule has 3 heterocycles. The number of piperidine rings is 1. The summed E-state index contributed by atoms with van der Waals surface area (Å²) in [6.45, 7) is 4.93. The molecule has 6 rings (SSSR count). The zero-order valence-electron chi connectivity index (χ0n) is 18.3. The van der Waals surface area contributed by atoms with Gasteiger partial charge in [0, 0.05) is 30.9 Å². The summed E-state index contributed by atoms with van der Waals surface area (Å²) in [4.78, 5) is 12.6. The summed E-state index contributed by atoms with van der Waals surface area (Å²) < 4.78 is 15.5. The Balaban J connectivity index is 1.32. The summed E-state index contributed by atoms with van der Waals surface area (Å²) in [5.74, 6) is 0.646. The standard InChI is InChI=1S/C26H25FN4O/c1-18-15-30(17-28-18)23-9-3-19(4-10-23)13-20-14-26(11-12-26)16-31-24(20)29-32-25(31,2)21-5-7-22(27)8-6-21/h3-10,13,15,17H,11-12,14,16H2,1-2H3. The second-order valence-corrected chi connectivity index (χ2v) is 9.44. The van der Waals surface area contributed by atoms with Crippen LogP contribution in [0.4, 0.5) is 4.39 Å². The fraction of sp³-hybridized carbons (Fsp3) is 0.308. The Morgan fingerprint density at radius 2 is 1.81 bits per heavy atom. The van der Waals surface area contributed by atoms with Crippen LogP contribution >= 0.6 is 0 Å². The summed E-state index contributed by atoms with van der Waals surface area (Å²) in [5, 5.41) is 4.52. The minimum absolute atomic E-state index is 0.247. The van der Waals surface area contributed by atoms with Gasteiger partial charge in [0.1, 0.15) is 5.82 Å². The molecule has 0 amide bonds. The first-order valence-corrected chi connectivity index (χ1v) is 11.1. The maximum Gasteiger partial charge on any atom is 0.234 e. The van der Waals surface area contributed by atoms with Gasteiger partial charge in [-0.25, -0.2) is 9.37 Å². The number of benzene rings is 2. The number of imidazole rings is 1. The molecule has 32 heavy (non-hydrogen) atoms. The van der Waals surface area contributed by atoms with Gasteiger partial charge in [-0.05, 0) is 73.1 Å². The molecule has 2 aliphatic heterocycles. The van der Waals surface area contributed by atoms with Gasteiger partial charge in [0.2, 0.25) is 5.72 Å². The number of halogens is 1. The van der Waals surface area contributed by atoms with Crippen molar-refractivity contribution in [3.63, 3.8) is 0 Å². The number of aromatic nitrogens is 2. The molecule has 1 saturated carbocycles. The lowest BCUT2D eigenvalue weighted by Crippen LogP contribution is -2.50. The highest BCUT2D eigenvalue weighted by Gasteiger charge is 2.56. The van der Waals surface area contributed by atoms with Crippen molar-refractivity contribution in [3.8, 4) is 5.69 Å². The van der Waals surface area contributed by atoms with Crippen LogP contribution in [0, 0.1) is 18.2 Å². The number of amidine groups is 1. The van der Waals surface area contributed by atoms with Gasteiger partial charge in [0.15, 0.2) is 5.84 Å². The quantitative estimate of drug-likeness (QED) is 0.561. The Bertz CT molecular complexity index is 1240. The van der Waals surface area contributed by atoms with Crippen molar-refractivity contribution in [2.24, 2.45) is 10.6 Å². The Morgan fingerprint density at radius 1 is 1.06 bits per heavy atom. The molecule has 162 valence electrons. The molecule has 0 bridgehead atoms. The lowest BCUT2D eigenvalue weighted by atomic mass is 9.86. The zero-order valence-corrected chi connectivity index (χ0v) is 18.3. The van der Waals surface area contributed by atoms with Gasteiger partial charge in [-0.2, -0.15) is 0 Å². The number of hydrogen-bond donors (Lipinski definition) is 0. The molecular weight excluding hydrogens is 403 g/mol. The van der Waals surface area contributed by atoms with Gasteiger partial charge in [0.05, 0.1) is 12.0 Å². The van der Waals surface area contributed by atoms with Gasteiger partial charge in [-0.3, -0.25) is 0 Å². The molecule has 6 heteroatoms. The van der Waals surface area contributed by atoms with E-state index >= 15 is 0 Å². The van der Waals surface area contributed by atoms with Crippen LogP contribution in [0.3, 0.4) is 0 Å². The smallest absolute Gasteiger partial charge is 0.234 e. The molecule has 1 atom stereocenters. The first-order chi connectivity index (χ1) is 15.4. The molecule has 0 radical (unpaired) electrons. The third kappa shape index (κ3) is 3.13. The second-order valence-electron chi connectivity index (χ2n) is 9.44. The number of nitrogens with zero attached hydrogens (tertiary/aromatic N) is 4. The molecule has 3 aliphatic rings. The monoisotopic (exact) mass is 428 g/mol. The Morgan fingerprint density at radius 3 is 2.47 bits per heavy atom. The normalized spacial score (nSPS) is 24.4. The number of aryl methyl sites for hydroxylation is 1. The molecule has 0 N–H and O–H groups in total. The predicted molar refractivity (Wildman–Crippen MR) is 122 cm³/mol. The average Bonchev–Trinajstić information content (AvgIpc) is 3.23. The molecule has 1 aromatic heterocycles. The number of rotatable bonds is 3. The fourth-order valence-electron chi connectivity index (χ4n) is 4.87. The zero-order chi connectivity index (χ0) is 21.9. The van der Waals surface area contributed by atoms with Gasteiger partial charge in [-0.1, -0.05) is 29.4 Å². The average molecular weight is 429 g/mol. The van der Waals surface area contributed by atoms with Crippen LogP contribution in [-0.2, 0) is 10.6 Å². The Labute approximate surface area is 186 Å². The summed E-state index contributed by atoms with van der Waals surface area (Å²) in [6.07, 6.45) is 9.52. The topological polar surface area (TPSA) is 42.7 Å². The maximum atomic E-state index is 13.5. The lowest BCUT2D eigenvalue weighted by Gasteiger charge is -2.41.